The molecule has 0 amide bonds. The Morgan fingerprint density at radius 3 is 2.33 bits per heavy atom. The second-order valence-electron chi connectivity index (χ2n) is 7.26. The zero-order valence-corrected chi connectivity index (χ0v) is 21.0. The van der Waals surface area contributed by atoms with Crippen LogP contribution in [-0.2, 0) is 19.1 Å². The summed E-state index contributed by atoms with van der Waals surface area (Å²) in [5.41, 5.74) is 1.51. The van der Waals surface area contributed by atoms with Gasteiger partial charge in [0.25, 0.3) is 5.69 Å². The number of benzene rings is 1. The smallest absolute Gasteiger partial charge is 0.336 e. The maximum absolute atomic E-state index is 13.1. The number of non-ortho nitro benzene ring substituents is 1. The van der Waals surface area contributed by atoms with Gasteiger partial charge in [-0.2, -0.15) is 23.5 Å². The molecule has 0 bridgehead atoms. The topological polar surface area (TPSA) is 108 Å². The first-order valence-corrected chi connectivity index (χ1v) is 13.1. The molecule has 2 atom stereocenters. The van der Waals surface area contributed by atoms with Gasteiger partial charge >= 0.3 is 11.9 Å². The van der Waals surface area contributed by atoms with Gasteiger partial charge in [-0.1, -0.05) is 26.0 Å². The van der Waals surface area contributed by atoms with Gasteiger partial charge in [0, 0.05) is 41.0 Å². The average molecular weight is 495 g/mol. The predicted octanol–water partition coefficient (Wildman–Crippen LogP) is 4.64. The third-order valence-corrected chi connectivity index (χ3v) is 6.81. The first-order chi connectivity index (χ1) is 15.8. The summed E-state index contributed by atoms with van der Waals surface area (Å²) >= 11 is 3.30. The Bertz CT molecular complexity index is 931. The Kier molecular flexibility index (Phi) is 10.9. The van der Waals surface area contributed by atoms with E-state index in [4.69, 9.17) is 9.47 Å². The summed E-state index contributed by atoms with van der Waals surface area (Å²) in [6.07, 6.45) is 0. The summed E-state index contributed by atoms with van der Waals surface area (Å²) in [5, 5.41) is 11.4. The number of carbonyl (C=O) groups is 2. The van der Waals surface area contributed by atoms with Crippen LogP contribution >= 0.6 is 23.5 Å². The molecule has 1 aliphatic heterocycles. The van der Waals surface area contributed by atoms with E-state index in [1.807, 2.05) is 13.8 Å². The number of ether oxygens (including phenoxy) is 2. The quantitative estimate of drug-likeness (QED) is 0.179. The van der Waals surface area contributed by atoms with E-state index < -0.39 is 28.7 Å². The zero-order valence-electron chi connectivity index (χ0n) is 19.4. The number of allylic oxidation sites excluding steroid dienone is 1. The molecule has 1 aromatic rings. The van der Waals surface area contributed by atoms with E-state index in [1.165, 1.54) is 12.1 Å². The van der Waals surface area contributed by atoms with Crippen LogP contribution in [0, 0.1) is 16.0 Å². The van der Waals surface area contributed by atoms with Crippen molar-refractivity contribution in [3.8, 4) is 0 Å². The van der Waals surface area contributed by atoms with Crippen LogP contribution in [0.25, 0.3) is 0 Å². The van der Waals surface area contributed by atoms with Gasteiger partial charge in [-0.15, -0.1) is 0 Å². The molecule has 0 radical (unpaired) electrons. The van der Waals surface area contributed by atoms with Crippen molar-refractivity contribution < 1.29 is 24.0 Å². The van der Waals surface area contributed by atoms with Gasteiger partial charge in [0.15, 0.2) is 0 Å². The lowest BCUT2D eigenvalue weighted by molar-refractivity contribution is -0.384. The fourth-order valence-corrected chi connectivity index (χ4v) is 4.63. The highest BCUT2D eigenvalue weighted by Gasteiger charge is 2.42. The fourth-order valence-electron chi connectivity index (χ4n) is 3.65. The number of hydrogen-bond acceptors (Lipinski definition) is 9. The molecule has 10 heteroatoms. The molecule has 2 unspecified atom stereocenters. The van der Waals surface area contributed by atoms with E-state index in [0.717, 1.165) is 11.5 Å². The predicted molar refractivity (Wildman–Crippen MR) is 133 cm³/mol. The molecule has 33 heavy (non-hydrogen) atoms. The Hall–Kier alpha value is -2.33. The van der Waals surface area contributed by atoms with Gasteiger partial charge in [-0.25, -0.2) is 4.79 Å². The highest BCUT2D eigenvalue weighted by atomic mass is 32.2. The highest BCUT2D eigenvalue weighted by molar-refractivity contribution is 7.99. The standard InChI is InChI=1S/C23H30N2O6S2/c1-5-32-12-10-30-22(26)19-15(3)24-16(4)20(23(27)31-11-13-33-6-2)21(19)17-8-7-9-18(14-17)25(28)29/h7-9,14,19,21H,5-6,10-13H2,1-4H3. The van der Waals surface area contributed by atoms with Crippen molar-refractivity contribution in [1.82, 2.24) is 0 Å². The minimum absolute atomic E-state index is 0.121. The molecule has 0 aromatic heterocycles. The Balaban J connectivity index is 2.45. The number of aliphatic imine (C=N–C) groups is 1. The van der Waals surface area contributed by atoms with Crippen molar-refractivity contribution >= 4 is 46.9 Å². The second kappa shape index (κ2) is 13.4. The highest BCUT2D eigenvalue weighted by Crippen LogP contribution is 2.41. The molecule has 8 nitrogen and oxygen atoms in total. The summed E-state index contributed by atoms with van der Waals surface area (Å²) < 4.78 is 11.0. The number of nitrogens with zero attached hydrogens (tertiary/aromatic N) is 2. The number of nitro benzene ring substituents is 1. The molecule has 0 saturated carbocycles. The third-order valence-electron chi connectivity index (χ3n) is 5.08. The molecule has 180 valence electrons. The number of thioether (sulfide) groups is 2. The normalized spacial score (nSPS) is 18.0. The molecule has 1 aromatic carbocycles. The van der Waals surface area contributed by atoms with E-state index in [1.54, 1.807) is 49.5 Å². The van der Waals surface area contributed by atoms with E-state index in [0.29, 0.717) is 28.5 Å². The lowest BCUT2D eigenvalue weighted by Gasteiger charge is -2.31. The molecule has 0 N–H and O–H groups in total. The maximum atomic E-state index is 13.1. The number of nitro groups is 1. The van der Waals surface area contributed by atoms with Crippen LogP contribution in [0.5, 0.6) is 0 Å². The van der Waals surface area contributed by atoms with Gasteiger partial charge in [0.05, 0.1) is 10.5 Å². The molecule has 0 aliphatic carbocycles. The number of rotatable bonds is 12. The van der Waals surface area contributed by atoms with Gasteiger partial charge in [-0.05, 0) is 30.9 Å². The van der Waals surface area contributed by atoms with Gasteiger partial charge in [0.1, 0.15) is 19.1 Å². The minimum atomic E-state index is -0.880. The van der Waals surface area contributed by atoms with Crippen molar-refractivity contribution in [2.45, 2.75) is 33.6 Å². The fraction of sp³-hybridized carbons (Fsp3) is 0.522. The van der Waals surface area contributed by atoms with Crippen LogP contribution in [0.3, 0.4) is 0 Å². The number of hydrogen-bond donors (Lipinski definition) is 0. The lowest BCUT2D eigenvalue weighted by Crippen LogP contribution is -2.37. The monoisotopic (exact) mass is 494 g/mol. The van der Waals surface area contributed by atoms with Gasteiger partial charge < -0.3 is 9.47 Å². The SMILES string of the molecule is CCSCCOC(=O)C1=C(C)N=C(C)C(C(=O)OCCSCC)C1c1cccc([N+](=O)[O-])c1. The van der Waals surface area contributed by atoms with Gasteiger partial charge in [-0.3, -0.25) is 19.9 Å². The second-order valence-corrected chi connectivity index (χ2v) is 10.0. The Morgan fingerprint density at radius 2 is 1.73 bits per heavy atom. The van der Waals surface area contributed by atoms with Crippen LogP contribution in [0.2, 0.25) is 0 Å². The number of esters is 2. The van der Waals surface area contributed by atoms with Crippen molar-refractivity contribution in [1.29, 1.82) is 0 Å². The molecular formula is C23H30N2O6S2. The molecule has 1 heterocycles. The first kappa shape index (κ1) is 26.9. The van der Waals surface area contributed by atoms with Crippen LogP contribution < -0.4 is 0 Å². The molecule has 1 aliphatic rings. The zero-order chi connectivity index (χ0) is 24.4. The van der Waals surface area contributed by atoms with Crippen LogP contribution in [0.15, 0.2) is 40.5 Å². The van der Waals surface area contributed by atoms with E-state index >= 15 is 0 Å². The van der Waals surface area contributed by atoms with E-state index in [2.05, 4.69) is 4.99 Å². The summed E-state index contributed by atoms with van der Waals surface area (Å²) in [6.45, 7) is 7.89. The minimum Gasteiger partial charge on any atom is -0.464 e. The van der Waals surface area contributed by atoms with Crippen LogP contribution in [-0.4, -0.2) is 58.8 Å². The first-order valence-electron chi connectivity index (χ1n) is 10.8. The Labute approximate surface area is 202 Å². The van der Waals surface area contributed by atoms with E-state index in [-0.39, 0.29) is 24.5 Å². The largest absolute Gasteiger partial charge is 0.464 e. The summed E-state index contributed by atoms with van der Waals surface area (Å²) in [7, 11) is 0. The maximum Gasteiger partial charge on any atom is 0.336 e. The van der Waals surface area contributed by atoms with Crippen molar-refractivity contribution in [3.05, 3.63) is 51.2 Å². The molecule has 0 saturated heterocycles. The Morgan fingerprint density at radius 1 is 1.09 bits per heavy atom. The molecule has 0 fully saturated rings. The summed E-state index contributed by atoms with van der Waals surface area (Å²) in [4.78, 5) is 41.6. The van der Waals surface area contributed by atoms with Crippen LogP contribution in [0.4, 0.5) is 5.69 Å². The van der Waals surface area contributed by atoms with Crippen molar-refractivity contribution in [2.24, 2.45) is 10.9 Å². The average Bonchev–Trinajstić information content (AvgIpc) is 2.78. The van der Waals surface area contributed by atoms with Crippen molar-refractivity contribution in [3.63, 3.8) is 0 Å². The summed E-state index contributed by atoms with van der Waals surface area (Å²) in [5.74, 6) is 0.370. The molecule has 0 spiro atoms. The molecule has 2 rings (SSSR count). The van der Waals surface area contributed by atoms with Gasteiger partial charge in [0.2, 0.25) is 0 Å². The van der Waals surface area contributed by atoms with E-state index in [9.17, 15) is 19.7 Å². The van der Waals surface area contributed by atoms with Crippen molar-refractivity contribution in [2.75, 3.05) is 36.2 Å². The summed E-state index contributed by atoms with van der Waals surface area (Å²) in [6, 6.07) is 5.99. The van der Waals surface area contributed by atoms with Crippen LogP contribution in [0.1, 0.15) is 39.2 Å². The lowest BCUT2D eigenvalue weighted by atomic mass is 9.75. The third kappa shape index (κ3) is 7.33. The molecular weight excluding hydrogens is 464 g/mol. The number of carbonyl (C=O) groups excluding carboxylic acids is 2.